The third-order valence-corrected chi connectivity index (χ3v) is 5.89. The Hall–Kier alpha value is -3.65. The van der Waals surface area contributed by atoms with Crippen molar-refractivity contribution in [2.24, 2.45) is 5.73 Å². The van der Waals surface area contributed by atoms with Gasteiger partial charge in [-0.2, -0.15) is 0 Å². The molecule has 0 saturated carbocycles. The minimum atomic E-state index is -3.36. The van der Waals surface area contributed by atoms with Crippen molar-refractivity contribution in [2.45, 2.75) is 11.4 Å². The summed E-state index contributed by atoms with van der Waals surface area (Å²) in [7, 11) is -1.68. The number of nitrogens with two attached hydrogens (primary N) is 1. The molecule has 8 heteroatoms. The smallest absolute Gasteiger partial charge is 0.321 e. The predicted octanol–water partition coefficient (Wildman–Crippen LogP) is 3.71. The molecule has 160 valence electrons. The molecule has 0 atom stereocenters. The van der Waals surface area contributed by atoms with Crippen molar-refractivity contribution in [1.82, 2.24) is 4.90 Å². The number of carbonyl (C=O) groups excluding carboxylic acids is 1. The lowest BCUT2D eigenvalue weighted by Crippen LogP contribution is -2.30. The minimum Gasteiger partial charge on any atom is -0.384 e. The summed E-state index contributed by atoms with van der Waals surface area (Å²) < 4.78 is 24.1. The zero-order valence-electron chi connectivity index (χ0n) is 17.3. The van der Waals surface area contributed by atoms with Crippen molar-refractivity contribution >= 4 is 27.4 Å². The van der Waals surface area contributed by atoms with E-state index in [-0.39, 0.29) is 16.8 Å². The molecule has 31 heavy (non-hydrogen) atoms. The highest BCUT2D eigenvalue weighted by molar-refractivity contribution is 7.90. The molecule has 0 aliphatic rings. The number of anilines is 1. The van der Waals surface area contributed by atoms with Gasteiger partial charge in [-0.15, -0.1) is 0 Å². The molecule has 3 rings (SSSR count). The Morgan fingerprint density at radius 2 is 1.71 bits per heavy atom. The van der Waals surface area contributed by atoms with Crippen LogP contribution in [0, 0.1) is 5.41 Å². The van der Waals surface area contributed by atoms with Gasteiger partial charge in [-0.1, -0.05) is 48.5 Å². The number of nitrogens with zero attached hydrogens (tertiary/aromatic N) is 1. The van der Waals surface area contributed by atoms with Gasteiger partial charge < -0.3 is 16.0 Å². The minimum absolute atomic E-state index is 0.0218. The van der Waals surface area contributed by atoms with Gasteiger partial charge in [0.1, 0.15) is 5.84 Å². The summed E-state index contributed by atoms with van der Waals surface area (Å²) in [6.45, 7) is 0.354. The summed E-state index contributed by atoms with van der Waals surface area (Å²) in [5.41, 5.74) is 8.94. The molecule has 0 saturated heterocycles. The average Bonchev–Trinajstić information content (AvgIpc) is 2.74. The van der Waals surface area contributed by atoms with Crippen LogP contribution in [0.2, 0.25) is 0 Å². The van der Waals surface area contributed by atoms with E-state index in [1.807, 2.05) is 6.07 Å². The fourth-order valence-corrected chi connectivity index (χ4v) is 4.07. The van der Waals surface area contributed by atoms with E-state index in [2.05, 4.69) is 5.32 Å². The first-order valence-electron chi connectivity index (χ1n) is 9.50. The monoisotopic (exact) mass is 436 g/mol. The summed E-state index contributed by atoms with van der Waals surface area (Å²) in [5.74, 6) is -0.0218. The summed E-state index contributed by atoms with van der Waals surface area (Å²) in [6.07, 6.45) is 1.18. The highest BCUT2D eigenvalue weighted by Crippen LogP contribution is 2.28. The maximum absolute atomic E-state index is 12.5. The van der Waals surface area contributed by atoms with Gasteiger partial charge in [0.05, 0.1) is 4.90 Å². The molecule has 0 spiro atoms. The SMILES string of the molecule is CN(Cc1cccc(C(=N)N)c1)C(=O)Nc1ccc(-c2ccccc2S(C)(=O)=O)cc1. The van der Waals surface area contributed by atoms with Crippen molar-refractivity contribution in [1.29, 1.82) is 5.41 Å². The van der Waals surface area contributed by atoms with Crippen LogP contribution in [-0.4, -0.2) is 38.5 Å². The number of hydrogen-bond acceptors (Lipinski definition) is 4. The van der Waals surface area contributed by atoms with Gasteiger partial charge in [0, 0.05) is 36.7 Å². The van der Waals surface area contributed by atoms with E-state index in [9.17, 15) is 13.2 Å². The highest BCUT2D eigenvalue weighted by atomic mass is 32.2. The van der Waals surface area contributed by atoms with E-state index in [0.29, 0.717) is 23.4 Å². The van der Waals surface area contributed by atoms with Crippen LogP contribution in [0.4, 0.5) is 10.5 Å². The average molecular weight is 437 g/mol. The van der Waals surface area contributed by atoms with E-state index >= 15 is 0 Å². The van der Waals surface area contributed by atoms with Crippen molar-refractivity contribution < 1.29 is 13.2 Å². The van der Waals surface area contributed by atoms with E-state index in [4.69, 9.17) is 11.1 Å². The molecule has 7 nitrogen and oxygen atoms in total. The van der Waals surface area contributed by atoms with E-state index in [1.54, 1.807) is 73.8 Å². The summed E-state index contributed by atoms with van der Waals surface area (Å²) in [5, 5.41) is 10.4. The molecule has 3 aromatic rings. The Bertz CT molecular complexity index is 1220. The Labute approximate surface area is 181 Å². The second-order valence-corrected chi connectivity index (χ2v) is 9.23. The molecule has 0 bridgehead atoms. The normalized spacial score (nSPS) is 11.0. The van der Waals surface area contributed by atoms with Crippen molar-refractivity contribution in [3.8, 4) is 11.1 Å². The van der Waals surface area contributed by atoms with Crippen molar-refractivity contribution in [3.63, 3.8) is 0 Å². The van der Waals surface area contributed by atoms with Gasteiger partial charge in [-0.25, -0.2) is 13.2 Å². The summed E-state index contributed by atoms with van der Waals surface area (Å²) in [4.78, 5) is 14.3. The first kappa shape index (κ1) is 22.0. The van der Waals surface area contributed by atoms with Gasteiger partial charge in [-0.05, 0) is 35.4 Å². The first-order chi connectivity index (χ1) is 14.6. The standard InChI is InChI=1S/C23H24N4O3S/c1-27(15-16-6-5-7-18(14-16)22(24)25)23(28)26-19-12-10-17(11-13-19)20-8-3-4-9-21(20)31(2,29)30/h3-14H,15H2,1-2H3,(H3,24,25)(H,26,28). The molecule has 3 aromatic carbocycles. The summed E-state index contributed by atoms with van der Waals surface area (Å²) in [6, 6.07) is 20.7. The number of nitrogen functional groups attached to an aromatic ring is 1. The first-order valence-corrected chi connectivity index (χ1v) is 11.4. The van der Waals surface area contributed by atoms with Crippen LogP contribution in [0.25, 0.3) is 11.1 Å². The molecular weight excluding hydrogens is 412 g/mol. The Morgan fingerprint density at radius 3 is 2.35 bits per heavy atom. The van der Waals surface area contributed by atoms with Crippen LogP contribution in [-0.2, 0) is 16.4 Å². The number of rotatable bonds is 6. The quantitative estimate of drug-likeness (QED) is 0.403. The fraction of sp³-hybridized carbons (Fsp3) is 0.130. The number of benzene rings is 3. The zero-order valence-corrected chi connectivity index (χ0v) is 18.1. The number of sulfone groups is 1. The van der Waals surface area contributed by atoms with Crippen LogP contribution < -0.4 is 11.1 Å². The molecule has 0 fully saturated rings. The number of urea groups is 1. The molecule has 4 N–H and O–H groups in total. The van der Waals surface area contributed by atoms with Gasteiger partial charge >= 0.3 is 6.03 Å². The second-order valence-electron chi connectivity index (χ2n) is 7.25. The second kappa shape index (κ2) is 9.01. The maximum atomic E-state index is 12.5. The number of amides is 2. The Morgan fingerprint density at radius 1 is 1.03 bits per heavy atom. The van der Waals surface area contributed by atoms with E-state index < -0.39 is 9.84 Å². The third-order valence-electron chi connectivity index (χ3n) is 4.74. The molecule has 0 unspecified atom stereocenters. The van der Waals surface area contributed by atoms with E-state index in [1.165, 1.54) is 11.2 Å². The highest BCUT2D eigenvalue weighted by Gasteiger charge is 2.14. The fourth-order valence-electron chi connectivity index (χ4n) is 3.16. The van der Waals surface area contributed by atoms with Gasteiger partial charge in [-0.3, -0.25) is 5.41 Å². The predicted molar refractivity (Wildman–Crippen MR) is 123 cm³/mol. The Kier molecular flexibility index (Phi) is 6.41. The van der Waals surface area contributed by atoms with Crippen molar-refractivity contribution in [2.75, 3.05) is 18.6 Å². The van der Waals surface area contributed by atoms with Crippen LogP contribution in [0.5, 0.6) is 0 Å². The maximum Gasteiger partial charge on any atom is 0.321 e. The molecule has 0 aliphatic carbocycles. The van der Waals surface area contributed by atoms with Crippen LogP contribution in [0.15, 0.2) is 77.7 Å². The van der Waals surface area contributed by atoms with Gasteiger partial charge in [0.15, 0.2) is 9.84 Å². The van der Waals surface area contributed by atoms with Crippen LogP contribution >= 0.6 is 0 Å². The van der Waals surface area contributed by atoms with Crippen LogP contribution in [0.3, 0.4) is 0 Å². The Balaban J connectivity index is 1.71. The molecule has 0 heterocycles. The number of carbonyl (C=O) groups is 1. The van der Waals surface area contributed by atoms with E-state index in [0.717, 1.165) is 11.1 Å². The molecule has 0 aliphatic heterocycles. The number of amidine groups is 1. The van der Waals surface area contributed by atoms with Gasteiger partial charge in [0.2, 0.25) is 0 Å². The molecule has 2 amide bonds. The largest absolute Gasteiger partial charge is 0.384 e. The lowest BCUT2D eigenvalue weighted by Gasteiger charge is -2.18. The number of nitrogens with one attached hydrogen (secondary N) is 2. The molecule has 0 aromatic heterocycles. The number of hydrogen-bond donors (Lipinski definition) is 3. The van der Waals surface area contributed by atoms with Gasteiger partial charge in [0.25, 0.3) is 0 Å². The molecular formula is C23H24N4O3S. The lowest BCUT2D eigenvalue weighted by molar-refractivity contribution is 0.220. The molecule has 0 radical (unpaired) electrons. The topological polar surface area (TPSA) is 116 Å². The van der Waals surface area contributed by atoms with Crippen LogP contribution in [0.1, 0.15) is 11.1 Å². The summed E-state index contributed by atoms with van der Waals surface area (Å²) >= 11 is 0. The third kappa shape index (κ3) is 5.49. The van der Waals surface area contributed by atoms with Crippen molar-refractivity contribution in [3.05, 3.63) is 83.9 Å². The zero-order chi connectivity index (χ0) is 22.6. The lowest BCUT2D eigenvalue weighted by atomic mass is 10.1.